The van der Waals surface area contributed by atoms with Crippen LogP contribution < -0.4 is 11.1 Å². The molecule has 0 aliphatic heterocycles. The van der Waals surface area contributed by atoms with Crippen molar-refractivity contribution >= 4 is 5.91 Å². The summed E-state index contributed by atoms with van der Waals surface area (Å²) in [6.45, 7) is 0.814. The molecule has 0 heterocycles. The standard InChI is InChI=1S/C13H24N2O/c14-13(8-2-1-3-9-13)12(16)15-10-4-5-11-6-7-11/h11H,1-10,14H2,(H,15,16). The summed E-state index contributed by atoms with van der Waals surface area (Å²) in [7, 11) is 0. The van der Waals surface area contributed by atoms with E-state index in [-0.39, 0.29) is 5.91 Å². The van der Waals surface area contributed by atoms with E-state index in [4.69, 9.17) is 5.73 Å². The summed E-state index contributed by atoms with van der Waals surface area (Å²) in [5, 5.41) is 3.01. The first-order valence-corrected chi connectivity index (χ1v) is 6.78. The van der Waals surface area contributed by atoms with Gasteiger partial charge in [0.05, 0.1) is 5.54 Å². The number of hydrogen-bond donors (Lipinski definition) is 2. The van der Waals surface area contributed by atoms with Crippen molar-refractivity contribution in [3.05, 3.63) is 0 Å². The second kappa shape index (κ2) is 5.17. The van der Waals surface area contributed by atoms with Gasteiger partial charge in [-0.3, -0.25) is 4.79 Å². The molecule has 3 N–H and O–H groups in total. The molecule has 2 saturated carbocycles. The number of carbonyl (C=O) groups is 1. The van der Waals surface area contributed by atoms with Crippen LogP contribution in [0.3, 0.4) is 0 Å². The van der Waals surface area contributed by atoms with Crippen molar-refractivity contribution in [2.45, 2.75) is 63.3 Å². The summed E-state index contributed by atoms with van der Waals surface area (Å²) in [6, 6.07) is 0. The van der Waals surface area contributed by atoms with Gasteiger partial charge in [0.25, 0.3) is 0 Å². The number of carbonyl (C=O) groups excluding carboxylic acids is 1. The predicted octanol–water partition coefficient (Wildman–Crippen LogP) is 1.95. The third-order valence-electron chi connectivity index (χ3n) is 3.97. The van der Waals surface area contributed by atoms with Crippen LogP contribution in [0, 0.1) is 5.92 Å². The lowest BCUT2D eigenvalue weighted by atomic mass is 9.82. The number of nitrogens with two attached hydrogens (primary N) is 1. The van der Waals surface area contributed by atoms with Gasteiger partial charge in [-0.25, -0.2) is 0 Å². The first kappa shape index (κ1) is 11.9. The van der Waals surface area contributed by atoms with Gasteiger partial charge >= 0.3 is 0 Å². The SMILES string of the molecule is NC1(C(=O)NCCCC2CC2)CCCCC1. The van der Waals surface area contributed by atoms with Crippen LogP contribution in [-0.4, -0.2) is 18.0 Å². The molecule has 0 aromatic rings. The fraction of sp³-hybridized carbons (Fsp3) is 0.923. The molecular weight excluding hydrogens is 200 g/mol. The molecule has 0 spiro atoms. The Morgan fingerprint density at radius 1 is 1.25 bits per heavy atom. The van der Waals surface area contributed by atoms with Gasteiger partial charge < -0.3 is 11.1 Å². The van der Waals surface area contributed by atoms with Crippen LogP contribution in [0.2, 0.25) is 0 Å². The van der Waals surface area contributed by atoms with Gasteiger partial charge in [-0.05, 0) is 31.6 Å². The largest absolute Gasteiger partial charge is 0.355 e. The molecular formula is C13H24N2O. The Morgan fingerprint density at radius 2 is 1.94 bits per heavy atom. The van der Waals surface area contributed by atoms with Crippen LogP contribution in [0.1, 0.15) is 57.8 Å². The van der Waals surface area contributed by atoms with Crippen molar-refractivity contribution in [3.63, 3.8) is 0 Å². The van der Waals surface area contributed by atoms with Crippen molar-refractivity contribution in [1.82, 2.24) is 5.32 Å². The van der Waals surface area contributed by atoms with E-state index in [9.17, 15) is 4.79 Å². The molecule has 0 bridgehead atoms. The fourth-order valence-corrected chi connectivity index (χ4v) is 2.58. The highest BCUT2D eigenvalue weighted by Crippen LogP contribution is 2.33. The van der Waals surface area contributed by atoms with E-state index in [1.807, 2.05) is 0 Å². The number of nitrogens with one attached hydrogen (secondary N) is 1. The highest BCUT2D eigenvalue weighted by molar-refractivity contribution is 5.86. The summed E-state index contributed by atoms with van der Waals surface area (Å²) in [5.74, 6) is 1.04. The van der Waals surface area contributed by atoms with Gasteiger partial charge in [0, 0.05) is 6.54 Å². The normalized spacial score (nSPS) is 24.1. The average molecular weight is 224 g/mol. The Kier molecular flexibility index (Phi) is 3.85. The van der Waals surface area contributed by atoms with E-state index in [2.05, 4.69) is 5.32 Å². The van der Waals surface area contributed by atoms with Crippen molar-refractivity contribution in [2.75, 3.05) is 6.54 Å². The average Bonchev–Trinajstić information content (AvgIpc) is 3.09. The first-order valence-electron chi connectivity index (χ1n) is 6.78. The Hall–Kier alpha value is -0.570. The van der Waals surface area contributed by atoms with Crippen molar-refractivity contribution in [1.29, 1.82) is 0 Å². The van der Waals surface area contributed by atoms with Crippen LogP contribution in [0.15, 0.2) is 0 Å². The molecule has 0 unspecified atom stereocenters. The number of rotatable bonds is 5. The summed E-state index contributed by atoms with van der Waals surface area (Å²) in [4.78, 5) is 11.9. The minimum Gasteiger partial charge on any atom is -0.355 e. The van der Waals surface area contributed by atoms with Gasteiger partial charge in [-0.2, -0.15) is 0 Å². The maximum absolute atomic E-state index is 11.9. The van der Waals surface area contributed by atoms with E-state index >= 15 is 0 Å². The smallest absolute Gasteiger partial charge is 0.240 e. The molecule has 0 aromatic carbocycles. The van der Waals surface area contributed by atoms with Crippen molar-refractivity contribution < 1.29 is 4.79 Å². The maximum Gasteiger partial charge on any atom is 0.240 e. The predicted molar refractivity (Wildman–Crippen MR) is 65.0 cm³/mol. The zero-order valence-corrected chi connectivity index (χ0v) is 10.1. The van der Waals surface area contributed by atoms with Crippen molar-refractivity contribution in [3.8, 4) is 0 Å². The van der Waals surface area contributed by atoms with Gasteiger partial charge in [-0.1, -0.05) is 32.1 Å². The maximum atomic E-state index is 11.9. The molecule has 92 valence electrons. The third kappa shape index (κ3) is 3.21. The second-order valence-corrected chi connectivity index (χ2v) is 5.56. The van der Waals surface area contributed by atoms with Gasteiger partial charge in [-0.15, -0.1) is 0 Å². The first-order chi connectivity index (χ1) is 7.71. The molecule has 3 nitrogen and oxygen atoms in total. The lowest BCUT2D eigenvalue weighted by Gasteiger charge is -2.31. The zero-order valence-electron chi connectivity index (χ0n) is 10.1. The van der Waals surface area contributed by atoms with E-state index < -0.39 is 5.54 Å². The van der Waals surface area contributed by atoms with Crippen LogP contribution in [0.5, 0.6) is 0 Å². The lowest BCUT2D eigenvalue weighted by Crippen LogP contribution is -2.55. The molecule has 2 fully saturated rings. The summed E-state index contributed by atoms with van der Waals surface area (Å²) in [5.41, 5.74) is 5.59. The quantitative estimate of drug-likeness (QED) is 0.701. The molecule has 3 heteroatoms. The Morgan fingerprint density at radius 3 is 2.56 bits per heavy atom. The topological polar surface area (TPSA) is 55.1 Å². The van der Waals surface area contributed by atoms with E-state index in [1.165, 1.54) is 25.7 Å². The second-order valence-electron chi connectivity index (χ2n) is 5.56. The van der Waals surface area contributed by atoms with E-state index in [1.54, 1.807) is 0 Å². The minimum atomic E-state index is -0.558. The summed E-state index contributed by atoms with van der Waals surface area (Å²) >= 11 is 0. The number of hydrogen-bond acceptors (Lipinski definition) is 2. The number of amides is 1. The van der Waals surface area contributed by atoms with Gasteiger partial charge in [0.1, 0.15) is 0 Å². The molecule has 1 amide bonds. The van der Waals surface area contributed by atoms with Crippen LogP contribution in [0.4, 0.5) is 0 Å². The summed E-state index contributed by atoms with van der Waals surface area (Å²) < 4.78 is 0. The highest BCUT2D eigenvalue weighted by atomic mass is 16.2. The molecule has 2 rings (SSSR count). The molecule has 16 heavy (non-hydrogen) atoms. The Labute approximate surface area is 98.2 Å². The monoisotopic (exact) mass is 224 g/mol. The van der Waals surface area contributed by atoms with Crippen LogP contribution >= 0.6 is 0 Å². The van der Waals surface area contributed by atoms with Crippen LogP contribution in [0.25, 0.3) is 0 Å². The molecule has 2 aliphatic rings. The van der Waals surface area contributed by atoms with Crippen LogP contribution in [-0.2, 0) is 4.79 Å². The molecule has 0 radical (unpaired) electrons. The fourth-order valence-electron chi connectivity index (χ4n) is 2.58. The van der Waals surface area contributed by atoms with Crippen molar-refractivity contribution in [2.24, 2.45) is 11.7 Å². The van der Waals surface area contributed by atoms with E-state index in [0.717, 1.165) is 44.6 Å². The molecule has 0 atom stereocenters. The van der Waals surface area contributed by atoms with Gasteiger partial charge in [0.2, 0.25) is 5.91 Å². The zero-order chi connectivity index (χ0) is 11.4. The summed E-state index contributed by atoms with van der Waals surface area (Å²) in [6.07, 6.45) is 10.3. The lowest BCUT2D eigenvalue weighted by molar-refractivity contribution is -0.127. The Bertz CT molecular complexity index is 242. The highest BCUT2D eigenvalue weighted by Gasteiger charge is 2.34. The Balaban J connectivity index is 1.64. The van der Waals surface area contributed by atoms with E-state index in [0.29, 0.717) is 0 Å². The van der Waals surface area contributed by atoms with Gasteiger partial charge in [0.15, 0.2) is 0 Å². The third-order valence-corrected chi connectivity index (χ3v) is 3.97. The molecule has 2 aliphatic carbocycles. The molecule has 0 saturated heterocycles. The minimum absolute atomic E-state index is 0.0861. The molecule has 0 aromatic heterocycles.